The minimum Gasteiger partial charge on any atom is -0.457 e. The number of aryl methyl sites for hydroxylation is 1. The molecule has 0 amide bonds. The second kappa shape index (κ2) is 9.27. The number of oxazole rings is 1. The van der Waals surface area contributed by atoms with Gasteiger partial charge in [-0.25, -0.2) is 13.8 Å². The minimum absolute atomic E-state index is 0.308. The van der Waals surface area contributed by atoms with Gasteiger partial charge in [-0.2, -0.15) is 0 Å². The Labute approximate surface area is 195 Å². The van der Waals surface area contributed by atoms with Gasteiger partial charge < -0.3 is 9.15 Å². The first-order valence-corrected chi connectivity index (χ1v) is 10.7. The average Bonchev–Trinajstić information content (AvgIpc) is 3.22. The van der Waals surface area contributed by atoms with Crippen LogP contribution in [0.2, 0.25) is 0 Å². The Balaban J connectivity index is 1.31. The van der Waals surface area contributed by atoms with Gasteiger partial charge in [-0.3, -0.25) is 4.98 Å². The van der Waals surface area contributed by atoms with Gasteiger partial charge >= 0.3 is 0 Å². The van der Waals surface area contributed by atoms with E-state index in [0.29, 0.717) is 40.7 Å². The molecule has 0 radical (unpaired) electrons. The number of pyridine rings is 1. The summed E-state index contributed by atoms with van der Waals surface area (Å²) in [7, 11) is 0. The summed E-state index contributed by atoms with van der Waals surface area (Å²) >= 11 is 0. The zero-order valence-corrected chi connectivity index (χ0v) is 18.3. The van der Waals surface area contributed by atoms with Crippen molar-refractivity contribution in [3.8, 4) is 34.1 Å². The van der Waals surface area contributed by atoms with Gasteiger partial charge in [0.15, 0.2) is 0 Å². The van der Waals surface area contributed by atoms with Crippen molar-refractivity contribution in [1.29, 1.82) is 0 Å². The smallest absolute Gasteiger partial charge is 0.226 e. The van der Waals surface area contributed by atoms with Crippen LogP contribution in [0.3, 0.4) is 0 Å². The third kappa shape index (κ3) is 4.71. The Morgan fingerprint density at radius 1 is 0.794 bits per heavy atom. The molecule has 0 N–H and O–H groups in total. The van der Waals surface area contributed by atoms with Crippen molar-refractivity contribution in [2.45, 2.75) is 13.3 Å². The molecule has 0 saturated carbocycles. The van der Waals surface area contributed by atoms with Crippen molar-refractivity contribution in [3.05, 3.63) is 120 Å². The predicted octanol–water partition coefficient (Wildman–Crippen LogP) is 7.37. The Hall–Kier alpha value is -4.32. The number of ether oxygens (including phenoxy) is 1. The largest absolute Gasteiger partial charge is 0.457 e. The second-order valence-corrected chi connectivity index (χ2v) is 7.83. The van der Waals surface area contributed by atoms with E-state index in [-0.39, 0.29) is 11.6 Å². The molecule has 0 atom stereocenters. The van der Waals surface area contributed by atoms with Crippen LogP contribution in [0.15, 0.2) is 95.7 Å². The lowest BCUT2D eigenvalue weighted by atomic mass is 10.0. The second-order valence-electron chi connectivity index (χ2n) is 7.83. The summed E-state index contributed by atoms with van der Waals surface area (Å²) in [6, 6.07) is 21.9. The number of aromatic nitrogens is 2. The highest BCUT2D eigenvalue weighted by Crippen LogP contribution is 2.29. The normalized spacial score (nSPS) is 10.9. The van der Waals surface area contributed by atoms with E-state index < -0.39 is 0 Å². The van der Waals surface area contributed by atoms with Gasteiger partial charge in [0, 0.05) is 29.9 Å². The topological polar surface area (TPSA) is 48.2 Å². The number of hydrogen-bond acceptors (Lipinski definition) is 4. The van der Waals surface area contributed by atoms with E-state index >= 15 is 0 Å². The van der Waals surface area contributed by atoms with Gasteiger partial charge in [-0.15, -0.1) is 0 Å². The maximum absolute atomic E-state index is 14.8. The third-order valence-electron chi connectivity index (χ3n) is 5.44. The molecule has 5 rings (SSSR count). The van der Waals surface area contributed by atoms with E-state index in [9.17, 15) is 8.78 Å². The van der Waals surface area contributed by atoms with Crippen LogP contribution in [0, 0.1) is 18.6 Å². The molecule has 0 saturated heterocycles. The maximum Gasteiger partial charge on any atom is 0.226 e. The minimum atomic E-state index is -0.349. The average molecular weight is 454 g/mol. The van der Waals surface area contributed by atoms with Crippen molar-refractivity contribution >= 4 is 0 Å². The summed E-state index contributed by atoms with van der Waals surface area (Å²) in [5.41, 5.74) is 3.63. The van der Waals surface area contributed by atoms with Crippen LogP contribution in [0.1, 0.15) is 17.0 Å². The first-order valence-electron chi connectivity index (χ1n) is 10.7. The number of rotatable bonds is 6. The lowest BCUT2D eigenvalue weighted by Crippen LogP contribution is -1.92. The highest BCUT2D eigenvalue weighted by molar-refractivity contribution is 5.67. The SMILES string of the molecule is Cc1oc(-c2ccc(-c3ccncc3)c(F)c2)nc1Cc1ccc(Oc2ccc(F)cc2)cc1. The number of halogens is 2. The summed E-state index contributed by atoms with van der Waals surface area (Å²) in [5, 5.41) is 0. The summed E-state index contributed by atoms with van der Waals surface area (Å²) in [5.74, 6) is 1.62. The standard InChI is InChI=1S/C28H20F2N2O2/c1-18-27(16-19-2-7-23(8-3-19)34-24-9-5-22(29)6-10-24)32-28(33-18)21-4-11-25(26(30)17-21)20-12-14-31-15-13-20/h2-15,17H,16H2,1H3. The number of benzene rings is 3. The van der Waals surface area contributed by atoms with Gasteiger partial charge in [0.05, 0.1) is 5.69 Å². The van der Waals surface area contributed by atoms with Gasteiger partial charge in [0.1, 0.15) is 28.9 Å². The van der Waals surface area contributed by atoms with Gasteiger partial charge in [-0.05, 0) is 78.7 Å². The van der Waals surface area contributed by atoms with E-state index in [1.165, 1.54) is 18.2 Å². The third-order valence-corrected chi connectivity index (χ3v) is 5.44. The zero-order chi connectivity index (χ0) is 23.5. The molecule has 34 heavy (non-hydrogen) atoms. The highest BCUT2D eigenvalue weighted by Gasteiger charge is 2.15. The molecule has 0 fully saturated rings. The first-order chi connectivity index (χ1) is 16.5. The molecule has 0 bridgehead atoms. The number of nitrogens with zero attached hydrogens (tertiary/aromatic N) is 2. The molecule has 0 aliphatic heterocycles. The van der Waals surface area contributed by atoms with Crippen LogP contribution in [-0.2, 0) is 6.42 Å². The van der Waals surface area contributed by atoms with E-state index in [4.69, 9.17) is 9.15 Å². The molecule has 0 spiro atoms. The van der Waals surface area contributed by atoms with Crippen LogP contribution in [0.5, 0.6) is 11.5 Å². The number of hydrogen-bond donors (Lipinski definition) is 0. The van der Waals surface area contributed by atoms with Crippen molar-refractivity contribution < 1.29 is 17.9 Å². The van der Waals surface area contributed by atoms with Crippen LogP contribution in [0.25, 0.3) is 22.6 Å². The molecule has 168 valence electrons. The monoisotopic (exact) mass is 454 g/mol. The quantitative estimate of drug-likeness (QED) is 0.269. The highest BCUT2D eigenvalue weighted by atomic mass is 19.1. The molecule has 3 aromatic carbocycles. The summed E-state index contributed by atoms with van der Waals surface area (Å²) < 4.78 is 39.4. The Bertz CT molecular complexity index is 1410. The predicted molar refractivity (Wildman–Crippen MR) is 126 cm³/mol. The molecule has 4 nitrogen and oxygen atoms in total. The first kappa shape index (κ1) is 21.5. The maximum atomic E-state index is 14.8. The van der Waals surface area contributed by atoms with Gasteiger partial charge in [-0.1, -0.05) is 18.2 Å². The Morgan fingerprint density at radius 2 is 1.47 bits per heavy atom. The van der Waals surface area contributed by atoms with E-state index in [2.05, 4.69) is 9.97 Å². The van der Waals surface area contributed by atoms with Crippen LogP contribution < -0.4 is 4.74 Å². The molecule has 2 aromatic heterocycles. The lowest BCUT2D eigenvalue weighted by Gasteiger charge is -2.06. The lowest BCUT2D eigenvalue weighted by molar-refractivity contribution is 0.480. The zero-order valence-electron chi connectivity index (χ0n) is 18.3. The van der Waals surface area contributed by atoms with E-state index in [1.807, 2.05) is 31.2 Å². The summed E-state index contributed by atoms with van der Waals surface area (Å²) in [6.07, 6.45) is 3.82. The molecule has 2 heterocycles. The molecule has 0 aliphatic rings. The Kier molecular flexibility index (Phi) is 5.87. The van der Waals surface area contributed by atoms with Crippen LogP contribution in [-0.4, -0.2) is 9.97 Å². The summed E-state index contributed by atoms with van der Waals surface area (Å²) in [6.45, 7) is 1.85. The van der Waals surface area contributed by atoms with Crippen molar-refractivity contribution in [1.82, 2.24) is 9.97 Å². The fourth-order valence-electron chi connectivity index (χ4n) is 3.64. The molecular formula is C28H20F2N2O2. The fourth-order valence-corrected chi connectivity index (χ4v) is 3.64. The molecule has 0 unspecified atom stereocenters. The van der Waals surface area contributed by atoms with Crippen LogP contribution >= 0.6 is 0 Å². The van der Waals surface area contributed by atoms with Crippen molar-refractivity contribution in [2.75, 3.05) is 0 Å². The van der Waals surface area contributed by atoms with Crippen molar-refractivity contribution in [3.63, 3.8) is 0 Å². The Morgan fingerprint density at radius 3 is 2.15 bits per heavy atom. The van der Waals surface area contributed by atoms with E-state index in [0.717, 1.165) is 16.8 Å². The summed E-state index contributed by atoms with van der Waals surface area (Å²) in [4.78, 5) is 8.58. The van der Waals surface area contributed by atoms with E-state index in [1.54, 1.807) is 48.8 Å². The van der Waals surface area contributed by atoms with Gasteiger partial charge in [0.2, 0.25) is 5.89 Å². The fraction of sp³-hybridized carbons (Fsp3) is 0.0714. The molecule has 0 aliphatic carbocycles. The van der Waals surface area contributed by atoms with Crippen molar-refractivity contribution in [2.24, 2.45) is 0 Å². The molecule has 5 aromatic rings. The molecular weight excluding hydrogens is 434 g/mol. The van der Waals surface area contributed by atoms with Crippen LogP contribution in [0.4, 0.5) is 8.78 Å². The molecule has 6 heteroatoms. The van der Waals surface area contributed by atoms with Gasteiger partial charge in [0.25, 0.3) is 0 Å².